The molecular formula is C18H16F3N5O3. The number of nitrogens with one attached hydrogen (secondary N) is 1. The maximum atomic E-state index is 13.2. The smallest absolute Gasteiger partial charge is 0.342 e. The summed E-state index contributed by atoms with van der Waals surface area (Å²) < 4.78 is 40.8. The van der Waals surface area contributed by atoms with Crippen LogP contribution in [0.25, 0.3) is 5.65 Å². The van der Waals surface area contributed by atoms with Gasteiger partial charge in [0.25, 0.3) is 11.6 Å². The van der Waals surface area contributed by atoms with Crippen LogP contribution >= 0.6 is 0 Å². The Morgan fingerprint density at radius 3 is 2.55 bits per heavy atom. The molecule has 152 valence electrons. The second kappa shape index (κ2) is 7.49. The zero-order chi connectivity index (χ0) is 21.3. The highest BCUT2D eigenvalue weighted by atomic mass is 19.4. The average molecular weight is 407 g/mol. The third-order valence-corrected chi connectivity index (χ3v) is 4.32. The molecule has 29 heavy (non-hydrogen) atoms. The van der Waals surface area contributed by atoms with Gasteiger partial charge in [0.05, 0.1) is 11.0 Å². The predicted molar refractivity (Wildman–Crippen MR) is 96.1 cm³/mol. The van der Waals surface area contributed by atoms with Gasteiger partial charge in [-0.05, 0) is 24.1 Å². The van der Waals surface area contributed by atoms with E-state index in [2.05, 4.69) is 15.5 Å². The van der Waals surface area contributed by atoms with Crippen LogP contribution in [0.2, 0.25) is 0 Å². The molecule has 0 radical (unpaired) electrons. The summed E-state index contributed by atoms with van der Waals surface area (Å²) in [6.45, 7) is 3.51. The molecule has 0 saturated heterocycles. The normalized spacial score (nSPS) is 12.9. The topological polar surface area (TPSA) is 102 Å². The lowest BCUT2D eigenvalue weighted by atomic mass is 10.0. The highest BCUT2D eigenvalue weighted by molar-refractivity contribution is 5.95. The number of pyridine rings is 1. The maximum absolute atomic E-state index is 13.2. The molecule has 0 fully saturated rings. The second-order valence-electron chi connectivity index (χ2n) is 6.67. The number of aromatic nitrogens is 3. The summed E-state index contributed by atoms with van der Waals surface area (Å²) in [5, 5.41) is 21.1. The number of fused-ring (bicyclic) bond motifs is 1. The molecule has 1 atom stereocenters. The summed E-state index contributed by atoms with van der Waals surface area (Å²) in [6.07, 6.45) is -3.22. The average Bonchev–Trinajstić information content (AvgIpc) is 3.08. The van der Waals surface area contributed by atoms with E-state index in [1.54, 1.807) is 13.8 Å². The Morgan fingerprint density at radius 1 is 1.21 bits per heavy atom. The number of alkyl halides is 3. The van der Waals surface area contributed by atoms with Crippen molar-refractivity contribution in [2.24, 2.45) is 5.92 Å². The van der Waals surface area contributed by atoms with E-state index in [0.29, 0.717) is 0 Å². The second-order valence-corrected chi connectivity index (χ2v) is 6.67. The zero-order valence-corrected chi connectivity index (χ0v) is 15.3. The van der Waals surface area contributed by atoms with Crippen molar-refractivity contribution in [3.8, 4) is 0 Å². The zero-order valence-electron chi connectivity index (χ0n) is 15.3. The highest BCUT2D eigenvalue weighted by Gasteiger charge is 2.35. The van der Waals surface area contributed by atoms with Crippen molar-refractivity contribution in [1.82, 2.24) is 19.9 Å². The first-order valence-corrected chi connectivity index (χ1v) is 8.55. The van der Waals surface area contributed by atoms with Gasteiger partial charge in [0.15, 0.2) is 11.5 Å². The molecule has 0 aliphatic heterocycles. The van der Waals surface area contributed by atoms with Crippen LogP contribution in [-0.4, -0.2) is 25.4 Å². The molecule has 0 saturated carbocycles. The van der Waals surface area contributed by atoms with E-state index in [1.807, 2.05) is 0 Å². The minimum absolute atomic E-state index is 0.0506. The molecule has 2 heterocycles. The summed E-state index contributed by atoms with van der Waals surface area (Å²) in [6, 6.07) is 6.50. The van der Waals surface area contributed by atoms with E-state index in [0.717, 1.165) is 12.1 Å². The van der Waals surface area contributed by atoms with Gasteiger partial charge in [0.2, 0.25) is 0 Å². The summed E-state index contributed by atoms with van der Waals surface area (Å²) in [5.41, 5.74) is -1.51. The van der Waals surface area contributed by atoms with Crippen molar-refractivity contribution < 1.29 is 22.9 Å². The van der Waals surface area contributed by atoms with Gasteiger partial charge in [-0.15, -0.1) is 10.2 Å². The molecular weight excluding hydrogens is 391 g/mol. The molecule has 0 aliphatic carbocycles. The molecule has 2 aromatic heterocycles. The predicted octanol–water partition coefficient (Wildman–Crippen LogP) is 3.78. The Morgan fingerprint density at radius 2 is 1.93 bits per heavy atom. The fourth-order valence-corrected chi connectivity index (χ4v) is 2.88. The summed E-state index contributed by atoms with van der Waals surface area (Å²) in [4.78, 5) is 22.9. The fourth-order valence-electron chi connectivity index (χ4n) is 2.88. The molecule has 1 amide bonds. The molecule has 1 N–H and O–H groups in total. The third-order valence-electron chi connectivity index (χ3n) is 4.32. The molecule has 0 spiro atoms. The van der Waals surface area contributed by atoms with Gasteiger partial charge in [-0.25, -0.2) is 0 Å². The van der Waals surface area contributed by atoms with Crippen molar-refractivity contribution >= 4 is 17.2 Å². The van der Waals surface area contributed by atoms with Crippen molar-refractivity contribution in [2.75, 3.05) is 0 Å². The Kier molecular flexibility index (Phi) is 5.23. The Bertz CT molecular complexity index is 1080. The van der Waals surface area contributed by atoms with Crippen molar-refractivity contribution in [3.63, 3.8) is 0 Å². The lowest BCUT2D eigenvalue weighted by Crippen LogP contribution is -2.33. The molecule has 1 aromatic carbocycles. The number of amides is 1. The van der Waals surface area contributed by atoms with Crippen LogP contribution in [0.15, 0.2) is 42.6 Å². The van der Waals surface area contributed by atoms with Gasteiger partial charge in [0, 0.05) is 23.9 Å². The number of non-ortho nitro benzene ring substituents is 1. The van der Waals surface area contributed by atoms with Crippen LogP contribution in [0.4, 0.5) is 18.9 Å². The number of halogens is 3. The molecule has 3 rings (SSSR count). The quantitative estimate of drug-likeness (QED) is 0.512. The van der Waals surface area contributed by atoms with Crippen LogP contribution in [0, 0.1) is 16.0 Å². The van der Waals surface area contributed by atoms with Crippen LogP contribution in [0.1, 0.15) is 41.6 Å². The Balaban J connectivity index is 1.98. The maximum Gasteiger partial charge on any atom is 0.420 e. The van der Waals surface area contributed by atoms with Crippen molar-refractivity contribution in [1.29, 1.82) is 0 Å². The lowest BCUT2D eigenvalue weighted by molar-refractivity contribution is -0.384. The Labute approximate surface area is 162 Å². The molecule has 11 heteroatoms. The number of hydrogen-bond donors (Lipinski definition) is 1. The molecule has 3 aromatic rings. The monoisotopic (exact) mass is 407 g/mol. The number of hydrogen-bond acceptors (Lipinski definition) is 5. The van der Waals surface area contributed by atoms with E-state index in [-0.39, 0.29) is 28.6 Å². The van der Waals surface area contributed by atoms with Gasteiger partial charge in [0.1, 0.15) is 5.56 Å². The highest BCUT2D eigenvalue weighted by Crippen LogP contribution is 2.33. The number of nitro benzene ring substituents is 1. The SMILES string of the molecule is CC(C)[C@H](NC(=O)c1cccc([N+](=O)[O-])c1)c1nnc2c(C(F)(F)F)cccn12. The number of carbonyl (C=O) groups is 1. The Hall–Kier alpha value is -3.50. The van der Waals surface area contributed by atoms with E-state index in [4.69, 9.17) is 0 Å². The van der Waals surface area contributed by atoms with Gasteiger partial charge in [-0.2, -0.15) is 13.2 Å². The largest absolute Gasteiger partial charge is 0.420 e. The van der Waals surface area contributed by atoms with Crippen LogP contribution in [-0.2, 0) is 6.18 Å². The van der Waals surface area contributed by atoms with E-state index in [9.17, 15) is 28.1 Å². The minimum Gasteiger partial charge on any atom is -0.342 e. The van der Waals surface area contributed by atoms with Gasteiger partial charge < -0.3 is 5.32 Å². The number of rotatable bonds is 5. The van der Waals surface area contributed by atoms with Crippen LogP contribution in [0.5, 0.6) is 0 Å². The number of nitrogens with zero attached hydrogens (tertiary/aromatic N) is 4. The first-order chi connectivity index (χ1) is 13.6. The van der Waals surface area contributed by atoms with Crippen LogP contribution < -0.4 is 5.32 Å². The van der Waals surface area contributed by atoms with Gasteiger partial charge in [-0.3, -0.25) is 19.3 Å². The molecule has 0 aliphatic rings. The van der Waals surface area contributed by atoms with E-state index in [1.165, 1.54) is 34.9 Å². The minimum atomic E-state index is -4.60. The summed E-state index contributed by atoms with van der Waals surface area (Å²) in [7, 11) is 0. The molecule has 0 unspecified atom stereocenters. The van der Waals surface area contributed by atoms with Crippen LogP contribution in [0.3, 0.4) is 0 Å². The summed E-state index contributed by atoms with van der Waals surface area (Å²) >= 11 is 0. The summed E-state index contributed by atoms with van der Waals surface area (Å²) in [5.74, 6) is -0.740. The van der Waals surface area contributed by atoms with Crippen molar-refractivity contribution in [3.05, 3.63) is 69.7 Å². The molecule has 0 bridgehead atoms. The first kappa shape index (κ1) is 20.2. The number of benzene rings is 1. The third kappa shape index (κ3) is 4.03. The van der Waals surface area contributed by atoms with E-state index >= 15 is 0 Å². The van der Waals surface area contributed by atoms with Gasteiger partial charge in [-0.1, -0.05) is 19.9 Å². The molecule has 8 nitrogen and oxygen atoms in total. The first-order valence-electron chi connectivity index (χ1n) is 8.55. The fraction of sp³-hybridized carbons (Fsp3) is 0.278. The standard InChI is InChI=1S/C18H16F3N5O3/c1-10(2)14(22-17(27)11-5-3-6-12(9-11)26(28)29)16-24-23-15-13(18(19,20)21)7-4-8-25(15)16/h3-10,14H,1-2H3,(H,22,27)/t14-/m0/s1. The van der Waals surface area contributed by atoms with Crippen molar-refractivity contribution in [2.45, 2.75) is 26.1 Å². The van der Waals surface area contributed by atoms with Gasteiger partial charge >= 0.3 is 6.18 Å². The number of carbonyl (C=O) groups excluding carboxylic acids is 1. The van der Waals surface area contributed by atoms with E-state index < -0.39 is 28.6 Å². The lowest BCUT2D eigenvalue weighted by Gasteiger charge is -2.21. The number of nitro groups is 1.